The molecule has 8 heteroatoms. The lowest BCUT2D eigenvalue weighted by Crippen LogP contribution is -1.97. The summed E-state index contributed by atoms with van der Waals surface area (Å²) in [5, 5.41) is 20.9. The minimum absolute atomic E-state index is 0.125. The van der Waals surface area contributed by atoms with Crippen LogP contribution in [0.15, 0.2) is 26.2 Å². The zero-order valence-corrected chi connectivity index (χ0v) is 13.9. The van der Waals surface area contributed by atoms with Gasteiger partial charge < -0.3 is 5.11 Å². The molecule has 1 aromatic carbocycles. The third-order valence-electron chi connectivity index (χ3n) is 2.40. The molecule has 100 valence electrons. The van der Waals surface area contributed by atoms with Crippen molar-refractivity contribution in [2.45, 2.75) is 13.3 Å². The average Bonchev–Trinajstić information content (AvgIpc) is 2.72. The Balaban J connectivity index is 2.43. The van der Waals surface area contributed by atoms with Crippen molar-refractivity contribution in [3.05, 3.63) is 37.2 Å². The maximum Gasteiger partial charge on any atom is 0.216 e. The van der Waals surface area contributed by atoms with Crippen molar-refractivity contribution in [3.8, 4) is 5.75 Å². The summed E-state index contributed by atoms with van der Waals surface area (Å²) in [5.41, 5.74) is 0.575. The number of hydrogen-bond donors (Lipinski definition) is 2. The van der Waals surface area contributed by atoms with Crippen LogP contribution in [0.1, 0.15) is 18.3 Å². The molecule has 0 atom stereocenters. The molecule has 0 spiro atoms. The van der Waals surface area contributed by atoms with Gasteiger partial charge in [0.25, 0.3) is 0 Å². The van der Waals surface area contributed by atoms with Crippen LogP contribution in [-0.2, 0) is 6.42 Å². The molecule has 0 aliphatic rings. The van der Waals surface area contributed by atoms with Crippen LogP contribution in [0.5, 0.6) is 5.75 Å². The Hall–Kier alpha value is -0.990. The molecule has 0 amide bonds. The summed E-state index contributed by atoms with van der Waals surface area (Å²) in [7, 11) is 0. The number of phenols is 1. The summed E-state index contributed by atoms with van der Waals surface area (Å²) in [6.45, 7) is 1.96. The van der Waals surface area contributed by atoms with Crippen LogP contribution >= 0.6 is 44.1 Å². The molecule has 19 heavy (non-hydrogen) atoms. The van der Waals surface area contributed by atoms with E-state index in [-0.39, 0.29) is 5.75 Å². The van der Waals surface area contributed by atoms with Crippen molar-refractivity contribution in [2.75, 3.05) is 0 Å². The molecular weight excluding hydrogens is 396 g/mol. The second-order valence-corrected chi connectivity index (χ2v) is 5.84. The van der Waals surface area contributed by atoms with Crippen molar-refractivity contribution in [2.24, 2.45) is 5.10 Å². The third-order valence-corrected chi connectivity index (χ3v) is 3.73. The molecule has 5 nitrogen and oxygen atoms in total. The van der Waals surface area contributed by atoms with Crippen LogP contribution in [0.3, 0.4) is 0 Å². The Morgan fingerprint density at radius 2 is 2.26 bits per heavy atom. The van der Waals surface area contributed by atoms with Crippen molar-refractivity contribution in [1.29, 1.82) is 0 Å². The van der Waals surface area contributed by atoms with Gasteiger partial charge in [0.15, 0.2) is 5.82 Å². The summed E-state index contributed by atoms with van der Waals surface area (Å²) in [6, 6.07) is 3.52. The number of aromatic nitrogens is 3. The van der Waals surface area contributed by atoms with E-state index < -0.39 is 0 Å². The molecule has 0 bridgehead atoms. The fraction of sp³-hybridized carbons (Fsp3) is 0.182. The third kappa shape index (κ3) is 3.13. The molecule has 0 saturated heterocycles. The van der Waals surface area contributed by atoms with Crippen LogP contribution in [0, 0.1) is 4.77 Å². The van der Waals surface area contributed by atoms with E-state index in [9.17, 15) is 5.11 Å². The normalized spacial score (nSPS) is 11.3. The van der Waals surface area contributed by atoms with Gasteiger partial charge in [-0.2, -0.15) is 14.9 Å². The average molecular weight is 406 g/mol. The predicted molar refractivity (Wildman–Crippen MR) is 83.3 cm³/mol. The Morgan fingerprint density at radius 3 is 2.95 bits per heavy atom. The number of aromatic amines is 1. The molecule has 0 aliphatic heterocycles. The van der Waals surface area contributed by atoms with Gasteiger partial charge >= 0.3 is 0 Å². The number of rotatable bonds is 3. The standard InChI is InChI=1S/C11H10Br2N4OS/c1-2-9-15-16-11(19)17(9)14-5-6-3-7(12)4-8(13)10(6)18/h3-5,18H,2H2,1H3,(H,16,19)/b14-5+. The van der Waals surface area contributed by atoms with E-state index in [1.807, 2.05) is 6.92 Å². The Kier molecular flexibility index (Phi) is 4.54. The fourth-order valence-electron chi connectivity index (χ4n) is 1.48. The largest absolute Gasteiger partial charge is 0.506 e. The first-order valence-corrected chi connectivity index (χ1v) is 7.41. The zero-order valence-electron chi connectivity index (χ0n) is 9.89. The van der Waals surface area contributed by atoms with Crippen molar-refractivity contribution in [1.82, 2.24) is 14.9 Å². The summed E-state index contributed by atoms with van der Waals surface area (Å²) in [6.07, 6.45) is 2.24. The summed E-state index contributed by atoms with van der Waals surface area (Å²) in [4.78, 5) is 0. The van der Waals surface area contributed by atoms with E-state index in [4.69, 9.17) is 12.2 Å². The Morgan fingerprint density at radius 1 is 1.53 bits per heavy atom. The maximum atomic E-state index is 9.93. The number of phenolic OH excluding ortho intramolecular Hbond substituents is 1. The van der Waals surface area contributed by atoms with Gasteiger partial charge in [-0.25, -0.2) is 0 Å². The molecule has 1 aromatic heterocycles. The van der Waals surface area contributed by atoms with Gasteiger partial charge in [0, 0.05) is 16.5 Å². The van der Waals surface area contributed by atoms with E-state index in [1.54, 1.807) is 12.1 Å². The second kappa shape index (κ2) is 5.98. The van der Waals surface area contributed by atoms with Gasteiger partial charge in [-0.3, -0.25) is 5.10 Å². The Bertz CT molecular complexity index is 692. The summed E-state index contributed by atoms with van der Waals surface area (Å²) < 4.78 is 3.38. The molecule has 1 heterocycles. The minimum Gasteiger partial charge on any atom is -0.506 e. The molecule has 2 N–H and O–H groups in total. The number of hydrogen-bond acceptors (Lipinski definition) is 4. The first-order valence-electron chi connectivity index (χ1n) is 5.41. The highest BCUT2D eigenvalue weighted by molar-refractivity contribution is 9.11. The maximum absolute atomic E-state index is 9.93. The van der Waals surface area contributed by atoms with Gasteiger partial charge in [0.05, 0.1) is 10.7 Å². The van der Waals surface area contributed by atoms with Gasteiger partial charge in [-0.1, -0.05) is 22.9 Å². The number of nitrogens with zero attached hydrogens (tertiary/aromatic N) is 3. The topological polar surface area (TPSA) is 66.2 Å². The molecule has 0 fully saturated rings. The molecular formula is C11H10Br2N4OS. The molecule has 2 rings (SSSR count). The quantitative estimate of drug-likeness (QED) is 0.605. The summed E-state index contributed by atoms with van der Waals surface area (Å²) >= 11 is 11.7. The lowest BCUT2D eigenvalue weighted by molar-refractivity contribution is 0.471. The molecule has 0 radical (unpaired) electrons. The van der Waals surface area contributed by atoms with Crippen LogP contribution in [0.2, 0.25) is 0 Å². The van der Waals surface area contributed by atoms with Gasteiger partial charge in [-0.05, 0) is 40.3 Å². The smallest absolute Gasteiger partial charge is 0.216 e. The van der Waals surface area contributed by atoms with Gasteiger partial charge in [-0.15, -0.1) is 0 Å². The van der Waals surface area contributed by atoms with Crippen molar-refractivity contribution < 1.29 is 5.11 Å². The molecule has 0 aliphatic carbocycles. The van der Waals surface area contributed by atoms with E-state index in [0.717, 1.165) is 10.3 Å². The van der Waals surface area contributed by atoms with Crippen LogP contribution in [0.25, 0.3) is 0 Å². The van der Waals surface area contributed by atoms with Crippen LogP contribution in [0.4, 0.5) is 0 Å². The highest BCUT2D eigenvalue weighted by atomic mass is 79.9. The predicted octanol–water partition coefficient (Wildman–Crippen LogP) is 3.62. The number of halogens is 2. The number of aromatic hydroxyl groups is 1. The first kappa shape index (κ1) is 14.4. The van der Waals surface area contributed by atoms with Gasteiger partial charge in [0.1, 0.15) is 5.75 Å². The van der Waals surface area contributed by atoms with E-state index in [2.05, 4.69) is 47.2 Å². The number of H-pyrrole nitrogens is 1. The van der Waals surface area contributed by atoms with E-state index in [0.29, 0.717) is 21.2 Å². The monoisotopic (exact) mass is 404 g/mol. The molecule has 2 aromatic rings. The Labute approximate surface area is 131 Å². The van der Waals surface area contributed by atoms with E-state index >= 15 is 0 Å². The molecule has 0 saturated carbocycles. The number of benzene rings is 1. The SMILES string of the molecule is CCc1n[nH]c(=S)n1/N=C/c1cc(Br)cc(Br)c1O. The zero-order chi connectivity index (χ0) is 14.0. The fourth-order valence-corrected chi connectivity index (χ4v) is 2.93. The highest BCUT2D eigenvalue weighted by Gasteiger charge is 2.06. The van der Waals surface area contributed by atoms with Crippen molar-refractivity contribution >= 4 is 50.3 Å². The van der Waals surface area contributed by atoms with Crippen LogP contribution in [-0.4, -0.2) is 26.2 Å². The minimum atomic E-state index is 0.125. The molecule has 0 unspecified atom stereocenters. The number of nitrogens with one attached hydrogen (secondary N) is 1. The van der Waals surface area contributed by atoms with Crippen LogP contribution < -0.4 is 0 Å². The van der Waals surface area contributed by atoms with Gasteiger partial charge in [0.2, 0.25) is 4.77 Å². The lowest BCUT2D eigenvalue weighted by atomic mass is 10.2. The first-order chi connectivity index (χ1) is 9.02. The highest BCUT2D eigenvalue weighted by Crippen LogP contribution is 2.30. The number of aryl methyl sites for hydroxylation is 1. The van der Waals surface area contributed by atoms with Crippen molar-refractivity contribution in [3.63, 3.8) is 0 Å². The second-order valence-electron chi connectivity index (χ2n) is 3.68. The van der Waals surface area contributed by atoms with E-state index in [1.165, 1.54) is 10.9 Å². The lowest BCUT2D eigenvalue weighted by Gasteiger charge is -2.03. The summed E-state index contributed by atoms with van der Waals surface area (Å²) in [5.74, 6) is 0.856.